The van der Waals surface area contributed by atoms with Crippen LogP contribution in [-0.4, -0.2) is 45.5 Å². The van der Waals surface area contributed by atoms with E-state index in [1.165, 1.54) is 5.56 Å². The Bertz CT molecular complexity index is 591. The number of fused-ring (bicyclic) bond motifs is 1. The lowest BCUT2D eigenvalue weighted by Gasteiger charge is -2.37. The summed E-state index contributed by atoms with van der Waals surface area (Å²) in [7, 11) is 0. The lowest BCUT2D eigenvalue weighted by atomic mass is 9.92. The van der Waals surface area contributed by atoms with Crippen molar-refractivity contribution in [2.75, 3.05) is 24.6 Å². The fourth-order valence-corrected chi connectivity index (χ4v) is 3.49. The summed E-state index contributed by atoms with van der Waals surface area (Å²) in [6, 6.07) is 0. The zero-order valence-corrected chi connectivity index (χ0v) is 11.7. The minimum atomic E-state index is -0.923. The molecule has 1 fully saturated rings. The number of aliphatic hydroxyl groups excluding tert-OH is 1. The monoisotopic (exact) mass is 279 g/mol. The summed E-state index contributed by atoms with van der Waals surface area (Å²) in [5.41, 5.74) is 1.26. The van der Waals surface area contributed by atoms with Gasteiger partial charge in [-0.2, -0.15) is 0 Å². The third kappa shape index (κ3) is 2.20. The second-order valence-electron chi connectivity index (χ2n) is 5.16. The highest BCUT2D eigenvalue weighted by molar-refractivity contribution is 7.18. The van der Waals surface area contributed by atoms with Crippen molar-refractivity contribution in [1.29, 1.82) is 0 Å². The predicted octanol–water partition coefficient (Wildman–Crippen LogP) is 1.32. The van der Waals surface area contributed by atoms with E-state index in [9.17, 15) is 10.2 Å². The number of aliphatic hydroxyl groups is 2. The van der Waals surface area contributed by atoms with E-state index in [1.54, 1.807) is 17.7 Å². The molecule has 19 heavy (non-hydrogen) atoms. The number of nitrogens with zero attached hydrogens (tertiary/aromatic N) is 3. The van der Waals surface area contributed by atoms with Crippen LogP contribution in [0.5, 0.6) is 0 Å². The number of aromatic nitrogens is 2. The van der Waals surface area contributed by atoms with Crippen molar-refractivity contribution in [3.05, 3.63) is 17.3 Å². The second-order valence-corrected chi connectivity index (χ2v) is 6.04. The lowest BCUT2D eigenvalue weighted by Crippen LogP contribution is -2.46. The largest absolute Gasteiger partial charge is 0.393 e. The molecule has 0 unspecified atom stereocenters. The quantitative estimate of drug-likeness (QED) is 0.868. The summed E-state index contributed by atoms with van der Waals surface area (Å²) in [4.78, 5) is 10.9. The predicted molar refractivity (Wildman–Crippen MR) is 75.6 cm³/mol. The van der Waals surface area contributed by atoms with Crippen LogP contribution < -0.4 is 4.90 Å². The summed E-state index contributed by atoms with van der Waals surface area (Å²) in [5.74, 6) is 0.947. The molecule has 5 nitrogen and oxygen atoms in total. The lowest BCUT2D eigenvalue weighted by molar-refractivity contribution is -0.0326. The molecule has 3 heterocycles. The fourth-order valence-electron chi connectivity index (χ4n) is 2.48. The van der Waals surface area contributed by atoms with Gasteiger partial charge in [0.1, 0.15) is 12.1 Å². The van der Waals surface area contributed by atoms with E-state index in [4.69, 9.17) is 0 Å². The Morgan fingerprint density at radius 3 is 2.79 bits per heavy atom. The minimum Gasteiger partial charge on any atom is -0.393 e. The Balaban J connectivity index is 1.90. The Kier molecular flexibility index (Phi) is 3.16. The highest BCUT2D eigenvalue weighted by Crippen LogP contribution is 2.33. The number of aryl methyl sites for hydroxylation is 1. The van der Waals surface area contributed by atoms with Crippen molar-refractivity contribution in [3.63, 3.8) is 0 Å². The molecule has 0 amide bonds. The Labute approximate surface area is 115 Å². The van der Waals surface area contributed by atoms with E-state index >= 15 is 0 Å². The number of piperidine rings is 1. The van der Waals surface area contributed by atoms with E-state index in [0.717, 1.165) is 16.0 Å². The van der Waals surface area contributed by atoms with Gasteiger partial charge in [-0.25, -0.2) is 9.97 Å². The van der Waals surface area contributed by atoms with Crippen LogP contribution in [0.25, 0.3) is 10.2 Å². The molecule has 2 aromatic rings. The summed E-state index contributed by atoms with van der Waals surface area (Å²) in [5, 5.41) is 21.3. The summed E-state index contributed by atoms with van der Waals surface area (Å²) < 4.78 is 1.11. The molecule has 1 aliphatic rings. The van der Waals surface area contributed by atoms with Gasteiger partial charge in [0, 0.05) is 13.1 Å². The molecule has 0 saturated carbocycles. The van der Waals surface area contributed by atoms with E-state index in [-0.39, 0.29) is 6.61 Å². The van der Waals surface area contributed by atoms with Gasteiger partial charge in [-0.1, -0.05) is 0 Å². The Hall–Kier alpha value is -1.24. The van der Waals surface area contributed by atoms with Crippen molar-refractivity contribution in [2.24, 2.45) is 0 Å². The van der Waals surface area contributed by atoms with Crippen LogP contribution in [-0.2, 0) is 0 Å². The topological polar surface area (TPSA) is 69.5 Å². The number of hydrogen-bond donors (Lipinski definition) is 2. The standard InChI is InChI=1S/C13H17N3O2S/c1-9-6-19-11-10(9)14-8-15-12(11)16-4-2-13(18,7-17)3-5-16/h6,8,17-18H,2-5,7H2,1H3. The van der Waals surface area contributed by atoms with Crippen molar-refractivity contribution < 1.29 is 10.2 Å². The van der Waals surface area contributed by atoms with Gasteiger partial charge in [-0.15, -0.1) is 11.3 Å². The van der Waals surface area contributed by atoms with Gasteiger partial charge in [0.05, 0.1) is 22.4 Å². The first-order valence-electron chi connectivity index (χ1n) is 6.40. The maximum absolute atomic E-state index is 10.1. The van der Waals surface area contributed by atoms with Crippen molar-refractivity contribution >= 4 is 27.4 Å². The maximum atomic E-state index is 10.1. The van der Waals surface area contributed by atoms with Gasteiger partial charge in [-0.3, -0.25) is 0 Å². The summed E-state index contributed by atoms with van der Waals surface area (Å²) in [6.07, 6.45) is 2.74. The van der Waals surface area contributed by atoms with Crippen LogP contribution in [0, 0.1) is 6.92 Å². The normalized spacial score (nSPS) is 19.0. The second kappa shape index (κ2) is 4.70. The highest BCUT2D eigenvalue weighted by atomic mass is 32.1. The first-order chi connectivity index (χ1) is 9.13. The van der Waals surface area contributed by atoms with E-state index < -0.39 is 5.60 Å². The first-order valence-corrected chi connectivity index (χ1v) is 7.28. The molecular weight excluding hydrogens is 262 g/mol. The van der Waals surface area contributed by atoms with Crippen LogP contribution >= 0.6 is 11.3 Å². The molecule has 0 radical (unpaired) electrons. The van der Waals surface area contributed by atoms with E-state index in [2.05, 4.69) is 27.2 Å². The molecule has 102 valence electrons. The Morgan fingerprint density at radius 2 is 2.11 bits per heavy atom. The van der Waals surface area contributed by atoms with Gasteiger partial charge in [0.15, 0.2) is 0 Å². The molecule has 0 aromatic carbocycles. The van der Waals surface area contributed by atoms with E-state index in [1.807, 2.05) is 0 Å². The maximum Gasteiger partial charge on any atom is 0.150 e. The van der Waals surface area contributed by atoms with Crippen LogP contribution in [0.4, 0.5) is 5.82 Å². The molecule has 1 saturated heterocycles. The molecule has 6 heteroatoms. The van der Waals surface area contributed by atoms with Gasteiger partial charge >= 0.3 is 0 Å². The minimum absolute atomic E-state index is 0.169. The summed E-state index contributed by atoms with van der Waals surface area (Å²) in [6.45, 7) is 3.30. The SMILES string of the molecule is Cc1csc2c(N3CCC(O)(CO)CC3)ncnc12. The zero-order valence-electron chi connectivity index (χ0n) is 10.8. The average molecular weight is 279 g/mol. The fraction of sp³-hybridized carbons (Fsp3) is 0.538. The number of hydrogen-bond acceptors (Lipinski definition) is 6. The van der Waals surface area contributed by atoms with Gasteiger partial charge in [-0.05, 0) is 30.7 Å². The molecule has 0 aliphatic carbocycles. The van der Waals surface area contributed by atoms with Crippen LogP contribution in [0.1, 0.15) is 18.4 Å². The summed E-state index contributed by atoms with van der Waals surface area (Å²) >= 11 is 1.66. The van der Waals surface area contributed by atoms with Gasteiger partial charge < -0.3 is 15.1 Å². The molecular formula is C13H17N3O2S. The molecule has 0 bridgehead atoms. The molecule has 1 aliphatic heterocycles. The van der Waals surface area contributed by atoms with E-state index in [0.29, 0.717) is 25.9 Å². The molecule has 0 atom stereocenters. The third-order valence-corrected chi connectivity index (χ3v) is 4.88. The van der Waals surface area contributed by atoms with Gasteiger partial charge in [0.2, 0.25) is 0 Å². The van der Waals surface area contributed by atoms with Crippen LogP contribution in [0.3, 0.4) is 0 Å². The zero-order chi connectivity index (χ0) is 13.5. The van der Waals surface area contributed by atoms with Crippen molar-refractivity contribution in [2.45, 2.75) is 25.4 Å². The molecule has 2 aromatic heterocycles. The highest BCUT2D eigenvalue weighted by Gasteiger charge is 2.32. The molecule has 2 N–H and O–H groups in total. The smallest absolute Gasteiger partial charge is 0.150 e. The van der Waals surface area contributed by atoms with Gasteiger partial charge in [0.25, 0.3) is 0 Å². The van der Waals surface area contributed by atoms with Crippen molar-refractivity contribution in [1.82, 2.24) is 9.97 Å². The van der Waals surface area contributed by atoms with Crippen molar-refractivity contribution in [3.8, 4) is 0 Å². The molecule has 0 spiro atoms. The third-order valence-electron chi connectivity index (χ3n) is 3.80. The first kappa shape index (κ1) is 12.8. The number of thiophene rings is 1. The van der Waals surface area contributed by atoms with Crippen LogP contribution in [0.2, 0.25) is 0 Å². The number of anilines is 1. The average Bonchev–Trinajstić information content (AvgIpc) is 2.82. The number of rotatable bonds is 2. The Morgan fingerprint density at radius 1 is 1.37 bits per heavy atom. The molecule has 3 rings (SSSR count). The van der Waals surface area contributed by atoms with Crippen LogP contribution in [0.15, 0.2) is 11.7 Å².